The minimum atomic E-state index is -3.51. The topological polar surface area (TPSA) is 62.3 Å². The normalized spacial score (nSPS) is 15.3. The van der Waals surface area contributed by atoms with Crippen molar-refractivity contribution in [2.45, 2.75) is 24.8 Å². The van der Waals surface area contributed by atoms with Crippen LogP contribution in [0, 0.1) is 0 Å². The summed E-state index contributed by atoms with van der Waals surface area (Å²) in [6.45, 7) is 3.61. The molecule has 2 heterocycles. The summed E-state index contributed by atoms with van der Waals surface area (Å²) in [5, 5.41) is 3.09. The molecule has 0 bridgehead atoms. The monoisotopic (exact) mass is 317 g/mol. The quantitative estimate of drug-likeness (QED) is 0.939. The predicted molar refractivity (Wildman–Crippen MR) is 86.1 cm³/mol. The number of nitrogens with one attached hydrogen (secondary N) is 1. The predicted octanol–water partition coefficient (Wildman–Crippen LogP) is 2.26. The number of hydrogen-bond donors (Lipinski definition) is 1. The molecule has 0 saturated heterocycles. The van der Waals surface area contributed by atoms with Crippen molar-refractivity contribution in [3.8, 4) is 0 Å². The first-order valence-corrected chi connectivity index (χ1v) is 8.81. The number of hydrogen-bond acceptors (Lipinski definition) is 4. The lowest BCUT2D eigenvalue weighted by atomic mass is 10.0. The van der Waals surface area contributed by atoms with Crippen LogP contribution < -0.4 is 5.32 Å². The van der Waals surface area contributed by atoms with Crippen LogP contribution in [0.25, 0.3) is 0 Å². The van der Waals surface area contributed by atoms with E-state index < -0.39 is 10.0 Å². The summed E-state index contributed by atoms with van der Waals surface area (Å²) >= 11 is 0. The SMILES string of the molecule is CCNc1cncc(S(=O)(=O)N2CCc3ccccc3C2)c1. The summed E-state index contributed by atoms with van der Waals surface area (Å²) < 4.78 is 27.2. The molecule has 0 atom stereocenters. The largest absolute Gasteiger partial charge is 0.384 e. The van der Waals surface area contributed by atoms with E-state index in [1.54, 1.807) is 12.3 Å². The van der Waals surface area contributed by atoms with Crippen molar-refractivity contribution in [2.24, 2.45) is 0 Å². The minimum Gasteiger partial charge on any atom is -0.384 e. The third-order valence-corrected chi connectivity index (χ3v) is 5.64. The van der Waals surface area contributed by atoms with Gasteiger partial charge in [-0.2, -0.15) is 4.31 Å². The molecule has 6 heteroatoms. The molecular formula is C16H19N3O2S. The highest BCUT2D eigenvalue weighted by molar-refractivity contribution is 7.89. The summed E-state index contributed by atoms with van der Waals surface area (Å²) in [5.41, 5.74) is 3.03. The van der Waals surface area contributed by atoms with Crippen molar-refractivity contribution < 1.29 is 8.42 Å². The molecule has 0 spiro atoms. The van der Waals surface area contributed by atoms with E-state index in [0.717, 1.165) is 24.2 Å². The molecule has 0 radical (unpaired) electrons. The first-order valence-electron chi connectivity index (χ1n) is 7.37. The summed E-state index contributed by atoms with van der Waals surface area (Å²) in [4.78, 5) is 4.28. The smallest absolute Gasteiger partial charge is 0.244 e. The van der Waals surface area contributed by atoms with Crippen LogP contribution in [0.2, 0.25) is 0 Å². The van der Waals surface area contributed by atoms with Crippen LogP contribution in [0.3, 0.4) is 0 Å². The van der Waals surface area contributed by atoms with Gasteiger partial charge < -0.3 is 5.32 Å². The Morgan fingerprint density at radius 1 is 1.23 bits per heavy atom. The molecule has 1 aliphatic rings. The van der Waals surface area contributed by atoms with Crippen molar-refractivity contribution in [1.82, 2.24) is 9.29 Å². The van der Waals surface area contributed by atoms with Crippen molar-refractivity contribution in [3.05, 3.63) is 53.9 Å². The van der Waals surface area contributed by atoms with Crippen LogP contribution in [0.5, 0.6) is 0 Å². The lowest BCUT2D eigenvalue weighted by molar-refractivity contribution is 0.391. The fraction of sp³-hybridized carbons (Fsp3) is 0.312. The highest BCUT2D eigenvalue weighted by atomic mass is 32.2. The van der Waals surface area contributed by atoms with Gasteiger partial charge in [0, 0.05) is 25.8 Å². The second-order valence-corrected chi connectivity index (χ2v) is 7.23. The molecule has 0 unspecified atom stereocenters. The first kappa shape index (κ1) is 15.0. The maximum absolute atomic E-state index is 12.8. The standard InChI is InChI=1S/C16H19N3O2S/c1-2-18-15-9-16(11-17-10-15)22(20,21)19-8-7-13-5-3-4-6-14(13)12-19/h3-6,9-11,18H,2,7-8,12H2,1H3. The minimum absolute atomic E-state index is 0.241. The van der Waals surface area contributed by atoms with Gasteiger partial charge in [-0.1, -0.05) is 24.3 Å². The van der Waals surface area contributed by atoms with Crippen molar-refractivity contribution >= 4 is 15.7 Å². The molecular weight excluding hydrogens is 298 g/mol. The molecule has 0 saturated carbocycles. The van der Waals surface area contributed by atoms with E-state index in [1.807, 2.05) is 25.1 Å². The molecule has 1 N–H and O–H groups in total. The molecule has 3 rings (SSSR count). The Morgan fingerprint density at radius 2 is 2.00 bits per heavy atom. The zero-order valence-electron chi connectivity index (χ0n) is 12.5. The van der Waals surface area contributed by atoms with Gasteiger partial charge in [0.1, 0.15) is 4.90 Å². The third-order valence-electron chi connectivity index (χ3n) is 3.83. The molecule has 2 aromatic rings. The molecule has 1 aliphatic heterocycles. The van der Waals surface area contributed by atoms with Gasteiger partial charge in [-0.25, -0.2) is 8.42 Å². The second-order valence-electron chi connectivity index (χ2n) is 5.30. The van der Waals surface area contributed by atoms with Gasteiger partial charge >= 0.3 is 0 Å². The average Bonchev–Trinajstić information content (AvgIpc) is 2.55. The maximum Gasteiger partial charge on any atom is 0.244 e. The molecule has 5 nitrogen and oxygen atoms in total. The van der Waals surface area contributed by atoms with Gasteiger partial charge in [0.25, 0.3) is 0 Å². The molecule has 116 valence electrons. The van der Waals surface area contributed by atoms with Crippen molar-refractivity contribution in [3.63, 3.8) is 0 Å². The Bertz CT molecular complexity index is 774. The molecule has 22 heavy (non-hydrogen) atoms. The van der Waals surface area contributed by atoms with Gasteiger partial charge in [0.2, 0.25) is 10.0 Å². The van der Waals surface area contributed by atoms with Gasteiger partial charge in [-0.15, -0.1) is 0 Å². The van der Waals surface area contributed by atoms with E-state index in [4.69, 9.17) is 0 Å². The Balaban J connectivity index is 1.89. The zero-order chi connectivity index (χ0) is 15.6. The lowest BCUT2D eigenvalue weighted by Crippen LogP contribution is -2.36. The number of rotatable bonds is 4. The number of pyridine rings is 1. The van der Waals surface area contributed by atoms with E-state index in [9.17, 15) is 8.42 Å². The van der Waals surface area contributed by atoms with Gasteiger partial charge in [-0.05, 0) is 30.5 Å². The first-order chi connectivity index (χ1) is 10.6. The highest BCUT2D eigenvalue weighted by Crippen LogP contribution is 2.25. The molecule has 0 fully saturated rings. The molecule has 0 aliphatic carbocycles. The summed E-state index contributed by atoms with van der Waals surface area (Å²) in [7, 11) is -3.51. The van der Waals surface area contributed by atoms with E-state index in [-0.39, 0.29) is 4.90 Å². The third kappa shape index (κ3) is 2.84. The van der Waals surface area contributed by atoms with Gasteiger partial charge in [-0.3, -0.25) is 4.98 Å². The van der Waals surface area contributed by atoms with E-state index >= 15 is 0 Å². The number of aromatic nitrogens is 1. The molecule has 0 amide bonds. The molecule has 1 aromatic heterocycles. The second kappa shape index (κ2) is 6.06. The van der Waals surface area contributed by atoms with Crippen molar-refractivity contribution in [1.29, 1.82) is 0 Å². The number of benzene rings is 1. The van der Waals surface area contributed by atoms with E-state index in [2.05, 4.69) is 16.4 Å². The van der Waals surface area contributed by atoms with Crippen LogP contribution in [0.1, 0.15) is 18.1 Å². The number of anilines is 1. The summed E-state index contributed by atoms with van der Waals surface area (Å²) in [6.07, 6.45) is 3.79. The number of sulfonamides is 1. The van der Waals surface area contributed by atoms with Gasteiger partial charge in [0.05, 0.1) is 11.9 Å². The van der Waals surface area contributed by atoms with Crippen LogP contribution in [-0.4, -0.2) is 30.8 Å². The van der Waals surface area contributed by atoms with Crippen LogP contribution in [0.4, 0.5) is 5.69 Å². The maximum atomic E-state index is 12.8. The Labute approximate surface area is 131 Å². The van der Waals surface area contributed by atoms with Gasteiger partial charge in [0.15, 0.2) is 0 Å². The number of nitrogens with zero attached hydrogens (tertiary/aromatic N) is 2. The average molecular weight is 317 g/mol. The zero-order valence-corrected chi connectivity index (χ0v) is 13.3. The van der Waals surface area contributed by atoms with Crippen LogP contribution in [0.15, 0.2) is 47.6 Å². The summed E-state index contributed by atoms with van der Waals surface area (Å²) in [6, 6.07) is 9.64. The van der Waals surface area contributed by atoms with Crippen LogP contribution in [-0.2, 0) is 23.0 Å². The highest BCUT2D eigenvalue weighted by Gasteiger charge is 2.28. The van der Waals surface area contributed by atoms with E-state index in [0.29, 0.717) is 13.1 Å². The lowest BCUT2D eigenvalue weighted by Gasteiger charge is -2.28. The van der Waals surface area contributed by atoms with Crippen molar-refractivity contribution in [2.75, 3.05) is 18.4 Å². The Morgan fingerprint density at radius 3 is 2.77 bits per heavy atom. The van der Waals surface area contributed by atoms with Crippen LogP contribution >= 0.6 is 0 Å². The fourth-order valence-corrected chi connectivity index (χ4v) is 4.09. The summed E-state index contributed by atoms with van der Waals surface area (Å²) in [5.74, 6) is 0. The molecule has 1 aromatic carbocycles. The Kier molecular flexibility index (Phi) is 4.13. The number of fused-ring (bicyclic) bond motifs is 1. The fourth-order valence-electron chi connectivity index (χ4n) is 2.68. The van der Waals surface area contributed by atoms with E-state index in [1.165, 1.54) is 16.1 Å². The Hall–Kier alpha value is -1.92.